The van der Waals surface area contributed by atoms with Gasteiger partial charge in [-0.3, -0.25) is 9.69 Å². The number of rotatable bonds is 4. The molecule has 6 nitrogen and oxygen atoms in total. The van der Waals surface area contributed by atoms with Crippen molar-refractivity contribution in [3.05, 3.63) is 83.7 Å². The first-order valence-corrected chi connectivity index (χ1v) is 12.7. The fourth-order valence-electron chi connectivity index (χ4n) is 5.56. The number of para-hydroxylation sites is 2. The van der Waals surface area contributed by atoms with Gasteiger partial charge in [-0.25, -0.2) is 4.39 Å². The first kappa shape index (κ1) is 22.9. The summed E-state index contributed by atoms with van der Waals surface area (Å²) in [6.07, 6.45) is 1.85. The monoisotopic (exact) mass is 487 g/mol. The normalized spacial score (nSPS) is 19.6. The molecule has 1 atom stereocenters. The van der Waals surface area contributed by atoms with E-state index in [0.717, 1.165) is 68.4 Å². The van der Waals surface area contributed by atoms with Gasteiger partial charge in [0.1, 0.15) is 19.0 Å². The van der Waals surface area contributed by atoms with E-state index < -0.39 is 0 Å². The zero-order chi connectivity index (χ0) is 24.5. The van der Waals surface area contributed by atoms with Gasteiger partial charge in [0.05, 0.1) is 11.7 Å². The van der Waals surface area contributed by atoms with E-state index in [2.05, 4.69) is 21.9 Å². The smallest absolute Gasteiger partial charge is 0.258 e. The molecule has 0 aromatic heterocycles. The molecule has 3 aromatic carbocycles. The van der Waals surface area contributed by atoms with Crippen LogP contribution in [0.25, 0.3) is 0 Å². The number of hydrogen-bond donors (Lipinski definition) is 0. The lowest BCUT2D eigenvalue weighted by molar-refractivity contribution is 0.0963. The minimum atomic E-state index is -0.336. The number of nitrogens with zero attached hydrogens (tertiary/aromatic N) is 3. The highest BCUT2D eigenvalue weighted by atomic mass is 19.1. The molecular formula is C29H30FN3O3. The average Bonchev–Trinajstić information content (AvgIpc) is 2.93. The van der Waals surface area contributed by atoms with Crippen LogP contribution >= 0.6 is 0 Å². The molecule has 0 saturated carbocycles. The molecule has 1 amide bonds. The standard InChI is InChI=1S/C29H30FN3O3/c30-23-11-8-22(9-12-23)29(34)33-24(13-10-21-4-1-2-5-25(21)33)20-31-14-16-32(17-15-31)26-6-3-7-27-28(26)36-19-18-35-27/h1-9,11-12,24H,10,13-20H2. The van der Waals surface area contributed by atoms with Crippen LogP contribution in [0.2, 0.25) is 0 Å². The maximum absolute atomic E-state index is 13.7. The molecule has 3 heterocycles. The van der Waals surface area contributed by atoms with Crippen molar-refractivity contribution >= 4 is 17.3 Å². The van der Waals surface area contributed by atoms with E-state index in [-0.39, 0.29) is 17.8 Å². The van der Waals surface area contributed by atoms with Crippen LogP contribution in [-0.2, 0) is 6.42 Å². The Labute approximate surface area is 210 Å². The van der Waals surface area contributed by atoms with Gasteiger partial charge in [-0.2, -0.15) is 0 Å². The van der Waals surface area contributed by atoms with Crippen molar-refractivity contribution in [2.45, 2.75) is 18.9 Å². The van der Waals surface area contributed by atoms with Gasteiger partial charge in [0, 0.05) is 44.0 Å². The Bertz CT molecular complexity index is 1240. The SMILES string of the molecule is O=C(c1ccc(F)cc1)N1c2ccccc2CCC1CN1CCN(c2cccc3c2OCCO3)CC1. The summed E-state index contributed by atoms with van der Waals surface area (Å²) in [4.78, 5) is 20.4. The second kappa shape index (κ2) is 9.82. The number of benzene rings is 3. The molecule has 3 aromatic rings. The predicted molar refractivity (Wildman–Crippen MR) is 138 cm³/mol. The lowest BCUT2D eigenvalue weighted by Crippen LogP contribution is -2.54. The summed E-state index contributed by atoms with van der Waals surface area (Å²) in [6, 6.07) is 20.2. The highest BCUT2D eigenvalue weighted by Gasteiger charge is 2.34. The molecule has 0 N–H and O–H groups in total. The molecule has 1 fully saturated rings. The summed E-state index contributed by atoms with van der Waals surface area (Å²) in [5.41, 5.74) is 3.76. The zero-order valence-corrected chi connectivity index (χ0v) is 20.2. The largest absolute Gasteiger partial charge is 0.486 e. The molecular weight excluding hydrogens is 457 g/mol. The zero-order valence-electron chi connectivity index (χ0n) is 20.2. The molecule has 7 heteroatoms. The molecule has 0 aliphatic carbocycles. The number of aryl methyl sites for hydroxylation is 1. The van der Waals surface area contributed by atoms with E-state index in [1.807, 2.05) is 35.2 Å². The van der Waals surface area contributed by atoms with Crippen LogP contribution in [0.15, 0.2) is 66.7 Å². The number of fused-ring (bicyclic) bond motifs is 2. The van der Waals surface area contributed by atoms with Crippen LogP contribution in [-0.4, -0.2) is 62.8 Å². The Kier molecular flexibility index (Phi) is 6.23. The van der Waals surface area contributed by atoms with Crippen LogP contribution in [0.1, 0.15) is 22.3 Å². The lowest BCUT2D eigenvalue weighted by atomic mass is 9.94. The van der Waals surface area contributed by atoms with Gasteiger partial charge in [0.2, 0.25) is 0 Å². The summed E-state index contributed by atoms with van der Waals surface area (Å²) >= 11 is 0. The van der Waals surface area contributed by atoms with Crippen molar-refractivity contribution in [3.8, 4) is 11.5 Å². The van der Waals surface area contributed by atoms with E-state index in [4.69, 9.17) is 9.47 Å². The molecule has 1 saturated heterocycles. The first-order valence-electron chi connectivity index (χ1n) is 12.7. The van der Waals surface area contributed by atoms with Crippen molar-refractivity contribution in [2.75, 3.05) is 55.7 Å². The third kappa shape index (κ3) is 4.39. The maximum atomic E-state index is 13.7. The number of hydrogen-bond acceptors (Lipinski definition) is 5. The summed E-state index contributed by atoms with van der Waals surface area (Å²) in [5.74, 6) is 1.25. The summed E-state index contributed by atoms with van der Waals surface area (Å²) in [7, 11) is 0. The Morgan fingerprint density at radius 3 is 2.44 bits per heavy atom. The molecule has 0 spiro atoms. The highest BCUT2D eigenvalue weighted by molar-refractivity contribution is 6.07. The van der Waals surface area contributed by atoms with Gasteiger partial charge in [0.15, 0.2) is 11.5 Å². The number of carbonyl (C=O) groups is 1. The predicted octanol–water partition coefficient (Wildman–Crippen LogP) is 4.38. The number of anilines is 2. The minimum absolute atomic E-state index is 0.0604. The van der Waals surface area contributed by atoms with Crippen LogP contribution in [0.4, 0.5) is 15.8 Å². The fraction of sp³-hybridized carbons (Fsp3) is 0.345. The average molecular weight is 488 g/mol. The second-order valence-corrected chi connectivity index (χ2v) is 9.59. The van der Waals surface area contributed by atoms with Crippen LogP contribution in [0, 0.1) is 5.82 Å². The van der Waals surface area contributed by atoms with E-state index in [1.165, 1.54) is 17.7 Å². The minimum Gasteiger partial charge on any atom is -0.486 e. The topological polar surface area (TPSA) is 45.3 Å². The van der Waals surface area contributed by atoms with E-state index in [0.29, 0.717) is 18.8 Å². The van der Waals surface area contributed by atoms with Crippen LogP contribution < -0.4 is 19.3 Å². The van der Waals surface area contributed by atoms with E-state index in [9.17, 15) is 9.18 Å². The van der Waals surface area contributed by atoms with Gasteiger partial charge in [-0.1, -0.05) is 24.3 Å². The fourth-order valence-corrected chi connectivity index (χ4v) is 5.56. The molecule has 186 valence electrons. The van der Waals surface area contributed by atoms with Crippen LogP contribution in [0.3, 0.4) is 0 Å². The molecule has 3 aliphatic heterocycles. The second-order valence-electron chi connectivity index (χ2n) is 9.59. The third-order valence-corrected chi connectivity index (χ3v) is 7.40. The summed E-state index contributed by atoms with van der Waals surface area (Å²) in [6.45, 7) is 5.54. The first-order chi connectivity index (χ1) is 17.7. The summed E-state index contributed by atoms with van der Waals surface area (Å²) in [5, 5.41) is 0. The van der Waals surface area contributed by atoms with Crippen molar-refractivity contribution in [2.24, 2.45) is 0 Å². The Morgan fingerprint density at radius 2 is 1.61 bits per heavy atom. The number of amides is 1. The maximum Gasteiger partial charge on any atom is 0.258 e. The van der Waals surface area contributed by atoms with Gasteiger partial charge in [0.25, 0.3) is 5.91 Å². The molecule has 1 unspecified atom stereocenters. The number of halogens is 1. The quantitative estimate of drug-likeness (QED) is 0.547. The highest BCUT2D eigenvalue weighted by Crippen LogP contribution is 2.40. The van der Waals surface area contributed by atoms with Gasteiger partial charge in [-0.05, 0) is 60.9 Å². The molecule has 0 bridgehead atoms. The van der Waals surface area contributed by atoms with Crippen molar-refractivity contribution in [1.82, 2.24) is 4.90 Å². The van der Waals surface area contributed by atoms with E-state index in [1.54, 1.807) is 12.1 Å². The number of carbonyl (C=O) groups excluding carboxylic acids is 1. The van der Waals surface area contributed by atoms with Crippen LogP contribution in [0.5, 0.6) is 11.5 Å². The van der Waals surface area contributed by atoms with Crippen molar-refractivity contribution in [3.63, 3.8) is 0 Å². The number of ether oxygens (including phenoxy) is 2. The van der Waals surface area contributed by atoms with Gasteiger partial charge < -0.3 is 19.3 Å². The van der Waals surface area contributed by atoms with Crippen molar-refractivity contribution < 1.29 is 18.7 Å². The molecule has 0 radical (unpaired) electrons. The molecule has 36 heavy (non-hydrogen) atoms. The molecule has 6 rings (SSSR count). The number of piperazine rings is 1. The Morgan fingerprint density at radius 1 is 0.861 bits per heavy atom. The van der Waals surface area contributed by atoms with Gasteiger partial charge >= 0.3 is 0 Å². The van der Waals surface area contributed by atoms with E-state index >= 15 is 0 Å². The van der Waals surface area contributed by atoms with Gasteiger partial charge in [-0.15, -0.1) is 0 Å². The Balaban J connectivity index is 1.18. The van der Waals surface area contributed by atoms with Crippen molar-refractivity contribution in [1.29, 1.82) is 0 Å². The summed E-state index contributed by atoms with van der Waals surface area (Å²) < 4.78 is 25.2. The Hall–Kier alpha value is -3.58. The molecule has 3 aliphatic rings. The third-order valence-electron chi connectivity index (χ3n) is 7.40. The lowest BCUT2D eigenvalue weighted by Gasteiger charge is -2.43.